The molecule has 0 unspecified atom stereocenters. The second-order valence-corrected chi connectivity index (χ2v) is 4.86. The standard InChI is InChI=1S/C14H23N3.CH2F2/c1-15-10-4-2-3-7-13-9-8-12-6-5-11-16-14(12)17-13;2-1-3/h8-9,15H,2-7,10-11H2,1H3,(H,16,17);1H2. The Hall–Kier alpha value is -1.23. The summed E-state index contributed by atoms with van der Waals surface area (Å²) in [6.07, 6.45) is 7.31. The molecule has 1 aliphatic rings. The summed E-state index contributed by atoms with van der Waals surface area (Å²) in [6, 6.07) is 4.45. The minimum Gasteiger partial charge on any atom is -0.370 e. The van der Waals surface area contributed by atoms with Crippen LogP contribution in [0.4, 0.5) is 14.6 Å². The number of pyridine rings is 1. The van der Waals surface area contributed by atoms with E-state index in [4.69, 9.17) is 4.98 Å². The highest BCUT2D eigenvalue weighted by Gasteiger charge is 2.09. The smallest absolute Gasteiger partial charge is 0.229 e. The molecule has 0 spiro atoms. The second kappa shape index (κ2) is 10.5. The summed E-state index contributed by atoms with van der Waals surface area (Å²) in [5.41, 5.74) is 2.62. The first-order chi connectivity index (χ1) is 9.81. The lowest BCUT2D eigenvalue weighted by Gasteiger charge is -2.17. The lowest BCUT2D eigenvalue weighted by atomic mass is 10.1. The Labute approximate surface area is 120 Å². The van der Waals surface area contributed by atoms with Crippen LogP contribution in [0.25, 0.3) is 0 Å². The molecule has 0 saturated carbocycles. The van der Waals surface area contributed by atoms with E-state index in [-0.39, 0.29) is 0 Å². The molecular weight excluding hydrogens is 260 g/mol. The van der Waals surface area contributed by atoms with Gasteiger partial charge >= 0.3 is 0 Å². The molecule has 3 nitrogen and oxygen atoms in total. The molecule has 1 aromatic rings. The number of aryl methyl sites for hydroxylation is 2. The number of halogens is 2. The number of alkyl halides is 2. The zero-order valence-corrected chi connectivity index (χ0v) is 12.2. The zero-order valence-electron chi connectivity index (χ0n) is 12.2. The van der Waals surface area contributed by atoms with Crippen LogP contribution in [0.2, 0.25) is 0 Å². The Balaban J connectivity index is 0.000000612. The summed E-state index contributed by atoms with van der Waals surface area (Å²) in [6.45, 7) is 0.449. The predicted molar refractivity (Wildman–Crippen MR) is 79.6 cm³/mol. The summed E-state index contributed by atoms with van der Waals surface area (Å²) in [7, 11) is 2.01. The summed E-state index contributed by atoms with van der Waals surface area (Å²) < 4.78 is 19.2. The Kier molecular flexibility index (Phi) is 8.87. The first-order valence-electron chi connectivity index (χ1n) is 7.31. The lowest BCUT2D eigenvalue weighted by molar-refractivity contribution is 0.295. The van der Waals surface area contributed by atoms with Gasteiger partial charge < -0.3 is 10.6 Å². The fourth-order valence-electron chi connectivity index (χ4n) is 2.29. The van der Waals surface area contributed by atoms with Gasteiger partial charge in [0.1, 0.15) is 5.82 Å². The van der Waals surface area contributed by atoms with E-state index in [0.29, 0.717) is 0 Å². The monoisotopic (exact) mass is 285 g/mol. The number of aromatic nitrogens is 1. The number of nitrogens with zero attached hydrogens (tertiary/aromatic N) is 1. The fraction of sp³-hybridized carbons (Fsp3) is 0.667. The van der Waals surface area contributed by atoms with Gasteiger partial charge in [-0.15, -0.1) is 0 Å². The Morgan fingerprint density at radius 2 is 2.05 bits per heavy atom. The molecule has 20 heavy (non-hydrogen) atoms. The number of rotatable bonds is 6. The number of hydrogen-bond acceptors (Lipinski definition) is 3. The molecule has 0 fully saturated rings. The highest BCUT2D eigenvalue weighted by molar-refractivity contribution is 5.46. The number of nitrogens with one attached hydrogen (secondary N) is 2. The van der Waals surface area contributed by atoms with Gasteiger partial charge in [-0.3, -0.25) is 0 Å². The molecule has 0 radical (unpaired) electrons. The van der Waals surface area contributed by atoms with Crippen molar-refractivity contribution < 1.29 is 8.78 Å². The van der Waals surface area contributed by atoms with E-state index < -0.39 is 6.93 Å². The SMILES string of the molecule is CNCCCCCc1ccc2c(n1)NCCC2.FCF. The molecular formula is C15H25F2N3. The van der Waals surface area contributed by atoms with Crippen molar-refractivity contribution in [2.75, 3.05) is 32.4 Å². The largest absolute Gasteiger partial charge is 0.370 e. The van der Waals surface area contributed by atoms with Crippen molar-refractivity contribution >= 4 is 5.82 Å². The Morgan fingerprint density at radius 3 is 2.80 bits per heavy atom. The van der Waals surface area contributed by atoms with Crippen LogP contribution in [-0.4, -0.2) is 32.0 Å². The fourth-order valence-corrected chi connectivity index (χ4v) is 2.29. The van der Waals surface area contributed by atoms with Crippen LogP contribution < -0.4 is 10.6 Å². The maximum atomic E-state index is 9.62. The number of fused-ring (bicyclic) bond motifs is 1. The highest BCUT2D eigenvalue weighted by Crippen LogP contribution is 2.20. The molecule has 0 bridgehead atoms. The molecule has 1 aromatic heterocycles. The third-order valence-electron chi connectivity index (χ3n) is 3.31. The zero-order chi connectivity index (χ0) is 14.6. The van der Waals surface area contributed by atoms with E-state index in [2.05, 4.69) is 22.8 Å². The third kappa shape index (κ3) is 6.28. The average Bonchev–Trinajstić information content (AvgIpc) is 2.48. The Morgan fingerprint density at radius 1 is 1.25 bits per heavy atom. The van der Waals surface area contributed by atoms with Gasteiger partial charge in [-0.05, 0) is 57.3 Å². The molecule has 1 aliphatic heterocycles. The van der Waals surface area contributed by atoms with E-state index in [1.165, 1.54) is 43.4 Å². The molecule has 114 valence electrons. The van der Waals surface area contributed by atoms with Gasteiger partial charge in [-0.2, -0.15) is 0 Å². The number of unbranched alkanes of at least 4 members (excludes halogenated alkanes) is 2. The molecule has 0 atom stereocenters. The van der Waals surface area contributed by atoms with Crippen molar-refractivity contribution in [3.05, 3.63) is 23.4 Å². The van der Waals surface area contributed by atoms with Crippen molar-refractivity contribution in [3.8, 4) is 0 Å². The molecule has 0 saturated heterocycles. The first-order valence-corrected chi connectivity index (χ1v) is 7.31. The van der Waals surface area contributed by atoms with Crippen molar-refractivity contribution in [1.82, 2.24) is 10.3 Å². The molecule has 5 heteroatoms. The molecule has 0 aliphatic carbocycles. The molecule has 0 aromatic carbocycles. The minimum absolute atomic E-state index is 1.08. The summed E-state index contributed by atoms with van der Waals surface area (Å²) in [5.74, 6) is 1.13. The normalized spacial score (nSPS) is 12.9. The molecule has 2 heterocycles. The van der Waals surface area contributed by atoms with Gasteiger partial charge in [-0.25, -0.2) is 13.8 Å². The number of hydrogen-bond donors (Lipinski definition) is 2. The van der Waals surface area contributed by atoms with Gasteiger partial charge in [0.05, 0.1) is 0 Å². The minimum atomic E-state index is -1.75. The van der Waals surface area contributed by atoms with Crippen LogP contribution in [0.3, 0.4) is 0 Å². The first kappa shape index (κ1) is 16.8. The topological polar surface area (TPSA) is 37.0 Å². The molecule has 2 N–H and O–H groups in total. The van der Waals surface area contributed by atoms with Crippen molar-refractivity contribution in [2.45, 2.75) is 38.5 Å². The predicted octanol–water partition coefficient (Wildman–Crippen LogP) is 3.25. The van der Waals surface area contributed by atoms with E-state index >= 15 is 0 Å². The van der Waals surface area contributed by atoms with E-state index in [0.717, 1.165) is 25.3 Å². The molecule has 0 amide bonds. The van der Waals surface area contributed by atoms with Crippen molar-refractivity contribution in [1.29, 1.82) is 0 Å². The summed E-state index contributed by atoms with van der Waals surface area (Å²) >= 11 is 0. The number of anilines is 1. The molecule has 2 rings (SSSR count). The van der Waals surface area contributed by atoms with Gasteiger partial charge in [-0.1, -0.05) is 12.5 Å². The van der Waals surface area contributed by atoms with E-state index in [9.17, 15) is 8.78 Å². The third-order valence-corrected chi connectivity index (χ3v) is 3.31. The maximum Gasteiger partial charge on any atom is 0.229 e. The second-order valence-electron chi connectivity index (χ2n) is 4.86. The van der Waals surface area contributed by atoms with Gasteiger partial charge in [0.15, 0.2) is 0 Å². The van der Waals surface area contributed by atoms with Crippen molar-refractivity contribution in [3.63, 3.8) is 0 Å². The van der Waals surface area contributed by atoms with Crippen LogP contribution in [0.1, 0.15) is 36.9 Å². The van der Waals surface area contributed by atoms with Crippen molar-refractivity contribution in [2.24, 2.45) is 0 Å². The van der Waals surface area contributed by atoms with Crippen LogP contribution in [0.15, 0.2) is 12.1 Å². The summed E-state index contributed by atoms with van der Waals surface area (Å²) in [5, 5.41) is 6.57. The summed E-state index contributed by atoms with van der Waals surface area (Å²) in [4.78, 5) is 4.70. The van der Waals surface area contributed by atoms with Gasteiger partial charge in [0.2, 0.25) is 6.93 Å². The van der Waals surface area contributed by atoms with Gasteiger partial charge in [0, 0.05) is 12.2 Å². The van der Waals surface area contributed by atoms with E-state index in [1.807, 2.05) is 7.05 Å². The highest BCUT2D eigenvalue weighted by atomic mass is 19.3. The van der Waals surface area contributed by atoms with Gasteiger partial charge in [0.25, 0.3) is 0 Å². The van der Waals surface area contributed by atoms with E-state index in [1.54, 1.807) is 0 Å². The average molecular weight is 285 g/mol. The quantitative estimate of drug-likeness (QED) is 0.788. The van der Waals surface area contributed by atoms with Crippen LogP contribution in [0.5, 0.6) is 0 Å². The maximum absolute atomic E-state index is 9.62. The Bertz CT molecular complexity index is 372. The van der Waals surface area contributed by atoms with Crippen LogP contribution >= 0.6 is 0 Å². The van der Waals surface area contributed by atoms with Crippen LogP contribution in [0, 0.1) is 0 Å². The lowest BCUT2D eigenvalue weighted by Crippen LogP contribution is -2.14. The van der Waals surface area contributed by atoms with Crippen LogP contribution in [-0.2, 0) is 12.8 Å².